The normalized spacial score (nSPS) is 16.8. The SMILES string of the molecule is COc1ccccc1[C@@H]1CN(c2ccc(Br)cc2)N=C1c1cccs1. The highest BCUT2D eigenvalue weighted by atomic mass is 79.9. The van der Waals surface area contributed by atoms with Gasteiger partial charge in [-0.2, -0.15) is 5.10 Å². The van der Waals surface area contributed by atoms with Crippen LogP contribution in [0.1, 0.15) is 16.4 Å². The van der Waals surface area contributed by atoms with Gasteiger partial charge in [0.2, 0.25) is 0 Å². The van der Waals surface area contributed by atoms with E-state index in [0.29, 0.717) is 0 Å². The predicted octanol–water partition coefficient (Wildman–Crippen LogP) is 5.53. The second-order valence-corrected chi connectivity index (χ2v) is 7.68. The summed E-state index contributed by atoms with van der Waals surface area (Å²) in [6, 6.07) is 20.7. The van der Waals surface area contributed by atoms with Crippen LogP contribution in [-0.4, -0.2) is 19.4 Å². The third-order valence-electron chi connectivity index (χ3n) is 4.33. The first-order chi connectivity index (χ1) is 12.3. The lowest BCUT2D eigenvalue weighted by Gasteiger charge is -2.18. The average Bonchev–Trinajstić information content (AvgIpc) is 3.32. The molecular formula is C20H17BrN2OS. The summed E-state index contributed by atoms with van der Waals surface area (Å²) < 4.78 is 6.67. The Morgan fingerprint density at radius 2 is 1.88 bits per heavy atom. The van der Waals surface area contributed by atoms with E-state index in [0.717, 1.165) is 28.2 Å². The number of rotatable bonds is 4. The number of hydrogen-bond donors (Lipinski definition) is 0. The van der Waals surface area contributed by atoms with Crippen molar-refractivity contribution in [1.82, 2.24) is 0 Å². The molecule has 2 heterocycles. The van der Waals surface area contributed by atoms with Crippen molar-refractivity contribution in [3.63, 3.8) is 0 Å². The number of anilines is 1. The summed E-state index contributed by atoms with van der Waals surface area (Å²) in [6.45, 7) is 0.801. The van der Waals surface area contributed by atoms with E-state index < -0.39 is 0 Å². The third-order valence-corrected chi connectivity index (χ3v) is 5.75. The van der Waals surface area contributed by atoms with Gasteiger partial charge >= 0.3 is 0 Å². The zero-order valence-electron chi connectivity index (χ0n) is 13.7. The average molecular weight is 413 g/mol. The summed E-state index contributed by atoms with van der Waals surface area (Å²) in [4.78, 5) is 1.20. The van der Waals surface area contributed by atoms with E-state index in [1.54, 1.807) is 18.4 Å². The van der Waals surface area contributed by atoms with E-state index in [-0.39, 0.29) is 5.92 Å². The fourth-order valence-corrected chi connectivity index (χ4v) is 4.15. The Hall–Kier alpha value is -2.11. The largest absolute Gasteiger partial charge is 0.496 e. The van der Waals surface area contributed by atoms with Gasteiger partial charge in [-0.15, -0.1) is 11.3 Å². The molecule has 0 unspecified atom stereocenters. The topological polar surface area (TPSA) is 24.8 Å². The summed E-state index contributed by atoms with van der Waals surface area (Å²) >= 11 is 5.22. The van der Waals surface area contributed by atoms with Gasteiger partial charge in [-0.05, 0) is 41.8 Å². The maximum Gasteiger partial charge on any atom is 0.122 e. The maximum absolute atomic E-state index is 5.60. The molecule has 5 heteroatoms. The molecule has 0 aliphatic carbocycles. The molecule has 3 aromatic rings. The Balaban J connectivity index is 1.76. The van der Waals surface area contributed by atoms with Gasteiger partial charge in [0.25, 0.3) is 0 Å². The van der Waals surface area contributed by atoms with E-state index in [4.69, 9.17) is 9.84 Å². The fourth-order valence-electron chi connectivity index (χ4n) is 3.12. The van der Waals surface area contributed by atoms with Crippen LogP contribution < -0.4 is 9.75 Å². The highest BCUT2D eigenvalue weighted by molar-refractivity contribution is 9.10. The highest BCUT2D eigenvalue weighted by Gasteiger charge is 2.32. The Bertz CT molecular complexity index is 890. The van der Waals surface area contributed by atoms with E-state index in [1.807, 2.05) is 24.3 Å². The van der Waals surface area contributed by atoms with E-state index in [2.05, 4.69) is 62.7 Å². The van der Waals surface area contributed by atoms with Crippen LogP contribution in [0.2, 0.25) is 0 Å². The number of hydrogen-bond acceptors (Lipinski definition) is 4. The van der Waals surface area contributed by atoms with Crippen LogP contribution in [0.4, 0.5) is 5.69 Å². The monoisotopic (exact) mass is 412 g/mol. The van der Waals surface area contributed by atoms with Crippen molar-refractivity contribution in [3.05, 3.63) is 81.0 Å². The number of benzene rings is 2. The van der Waals surface area contributed by atoms with Gasteiger partial charge in [-0.25, -0.2) is 0 Å². The number of methoxy groups -OCH3 is 1. The first kappa shape index (κ1) is 16.4. The zero-order chi connectivity index (χ0) is 17.2. The van der Waals surface area contributed by atoms with Crippen molar-refractivity contribution in [1.29, 1.82) is 0 Å². The van der Waals surface area contributed by atoms with Gasteiger partial charge in [-0.3, -0.25) is 5.01 Å². The number of thiophene rings is 1. The second kappa shape index (κ2) is 7.02. The fraction of sp³-hybridized carbons (Fsp3) is 0.150. The first-order valence-corrected chi connectivity index (χ1v) is 9.72. The predicted molar refractivity (Wildman–Crippen MR) is 108 cm³/mol. The van der Waals surface area contributed by atoms with Gasteiger partial charge in [0, 0.05) is 10.0 Å². The van der Waals surface area contributed by atoms with Gasteiger partial charge in [0.05, 0.1) is 35.8 Å². The van der Waals surface area contributed by atoms with Crippen molar-refractivity contribution >= 4 is 38.7 Å². The molecule has 1 atom stereocenters. The van der Waals surface area contributed by atoms with E-state index in [1.165, 1.54) is 10.4 Å². The second-order valence-electron chi connectivity index (χ2n) is 5.82. The molecule has 0 saturated carbocycles. The Morgan fingerprint density at radius 1 is 1.08 bits per heavy atom. The quantitative estimate of drug-likeness (QED) is 0.562. The van der Waals surface area contributed by atoms with Crippen LogP contribution >= 0.6 is 27.3 Å². The molecule has 1 aliphatic rings. The Labute approximate surface area is 159 Å². The van der Waals surface area contributed by atoms with Crippen molar-refractivity contribution in [2.75, 3.05) is 18.7 Å². The van der Waals surface area contributed by atoms with Gasteiger partial charge < -0.3 is 4.74 Å². The molecule has 0 amide bonds. The number of halogens is 1. The Kier molecular flexibility index (Phi) is 4.59. The molecule has 0 saturated heterocycles. The van der Waals surface area contributed by atoms with Crippen molar-refractivity contribution in [3.8, 4) is 5.75 Å². The number of ether oxygens (including phenoxy) is 1. The molecule has 2 aromatic carbocycles. The minimum absolute atomic E-state index is 0.179. The number of hydrazone groups is 1. The zero-order valence-corrected chi connectivity index (χ0v) is 16.1. The van der Waals surface area contributed by atoms with Crippen molar-refractivity contribution in [2.24, 2.45) is 5.10 Å². The molecule has 0 bridgehead atoms. The lowest BCUT2D eigenvalue weighted by molar-refractivity contribution is 0.409. The first-order valence-electron chi connectivity index (χ1n) is 8.04. The standard InChI is InChI=1S/C20H17BrN2OS/c1-24-18-6-3-2-5-16(18)17-13-23(15-10-8-14(21)9-11-15)22-20(17)19-7-4-12-25-19/h2-12,17H,13H2,1H3/t17-/m0/s1. The summed E-state index contributed by atoms with van der Waals surface area (Å²) in [6.07, 6.45) is 0. The molecule has 25 heavy (non-hydrogen) atoms. The van der Waals surface area contributed by atoms with Gasteiger partial charge in [-0.1, -0.05) is 40.2 Å². The molecule has 1 aliphatic heterocycles. The summed E-state index contributed by atoms with van der Waals surface area (Å²) in [5.41, 5.74) is 3.37. The summed E-state index contributed by atoms with van der Waals surface area (Å²) in [7, 11) is 1.72. The third kappa shape index (κ3) is 3.22. The highest BCUT2D eigenvalue weighted by Crippen LogP contribution is 2.37. The van der Waals surface area contributed by atoms with Crippen LogP contribution in [0.25, 0.3) is 0 Å². The number of para-hydroxylation sites is 1. The molecular weight excluding hydrogens is 396 g/mol. The molecule has 0 fully saturated rings. The van der Waals surface area contributed by atoms with E-state index in [9.17, 15) is 0 Å². The van der Waals surface area contributed by atoms with Gasteiger partial charge in [0.15, 0.2) is 0 Å². The summed E-state index contributed by atoms with van der Waals surface area (Å²) in [5, 5.41) is 9.13. The summed E-state index contributed by atoms with van der Waals surface area (Å²) in [5.74, 6) is 1.09. The smallest absolute Gasteiger partial charge is 0.122 e. The van der Waals surface area contributed by atoms with E-state index >= 15 is 0 Å². The minimum Gasteiger partial charge on any atom is -0.496 e. The molecule has 0 radical (unpaired) electrons. The molecule has 126 valence electrons. The van der Waals surface area contributed by atoms with Crippen LogP contribution in [-0.2, 0) is 0 Å². The lowest BCUT2D eigenvalue weighted by atomic mass is 9.93. The molecule has 3 nitrogen and oxygen atoms in total. The van der Waals surface area contributed by atoms with Crippen LogP contribution in [0.3, 0.4) is 0 Å². The van der Waals surface area contributed by atoms with Crippen LogP contribution in [0.5, 0.6) is 5.75 Å². The molecule has 1 aromatic heterocycles. The Morgan fingerprint density at radius 3 is 2.60 bits per heavy atom. The van der Waals surface area contributed by atoms with Crippen molar-refractivity contribution < 1.29 is 4.74 Å². The molecule has 0 N–H and O–H groups in total. The van der Waals surface area contributed by atoms with Gasteiger partial charge in [0.1, 0.15) is 5.75 Å². The maximum atomic E-state index is 5.60. The van der Waals surface area contributed by atoms with Crippen LogP contribution in [0, 0.1) is 0 Å². The molecule has 0 spiro atoms. The minimum atomic E-state index is 0.179. The van der Waals surface area contributed by atoms with Crippen molar-refractivity contribution in [2.45, 2.75) is 5.92 Å². The van der Waals surface area contributed by atoms with Crippen LogP contribution in [0.15, 0.2) is 75.6 Å². The molecule has 4 rings (SSSR count). The number of nitrogens with zero attached hydrogens (tertiary/aromatic N) is 2. The lowest BCUT2D eigenvalue weighted by Crippen LogP contribution is -2.18.